The summed E-state index contributed by atoms with van der Waals surface area (Å²) in [6, 6.07) is 7.80. The van der Waals surface area contributed by atoms with Gasteiger partial charge >= 0.3 is 0 Å². The SMILES string of the molecule is Cc1ccc(C2CCN(CC(O)c3c(F)cccc3F)CC2)cn1. The third kappa shape index (κ3) is 3.79. The van der Waals surface area contributed by atoms with Crippen molar-refractivity contribution in [1.82, 2.24) is 9.88 Å². The van der Waals surface area contributed by atoms with Crippen LogP contribution in [0.5, 0.6) is 0 Å². The van der Waals surface area contributed by atoms with Gasteiger partial charge in [0.25, 0.3) is 0 Å². The number of nitrogens with zero attached hydrogens (tertiary/aromatic N) is 2. The van der Waals surface area contributed by atoms with Gasteiger partial charge in [0.05, 0.1) is 11.7 Å². The predicted molar refractivity (Wildman–Crippen MR) is 88.7 cm³/mol. The first-order valence-corrected chi connectivity index (χ1v) is 8.31. The fourth-order valence-electron chi connectivity index (χ4n) is 3.33. The Labute approximate surface area is 141 Å². The van der Waals surface area contributed by atoms with E-state index < -0.39 is 17.7 Å². The van der Waals surface area contributed by atoms with Crippen LogP contribution in [0.25, 0.3) is 0 Å². The van der Waals surface area contributed by atoms with Crippen molar-refractivity contribution in [2.24, 2.45) is 0 Å². The van der Waals surface area contributed by atoms with Crippen LogP contribution >= 0.6 is 0 Å². The Bertz CT molecular complexity index is 662. The highest BCUT2D eigenvalue weighted by molar-refractivity contribution is 5.22. The Morgan fingerprint density at radius 1 is 1.17 bits per heavy atom. The molecule has 0 bridgehead atoms. The molecule has 1 N–H and O–H groups in total. The quantitative estimate of drug-likeness (QED) is 0.930. The van der Waals surface area contributed by atoms with E-state index in [1.807, 2.05) is 19.2 Å². The lowest BCUT2D eigenvalue weighted by Gasteiger charge is -2.33. The molecule has 2 heterocycles. The van der Waals surface area contributed by atoms with Crippen molar-refractivity contribution in [1.29, 1.82) is 0 Å². The minimum atomic E-state index is -1.15. The molecule has 3 nitrogen and oxygen atoms in total. The van der Waals surface area contributed by atoms with Crippen molar-refractivity contribution in [3.63, 3.8) is 0 Å². The van der Waals surface area contributed by atoms with Crippen LogP contribution in [0.15, 0.2) is 36.5 Å². The van der Waals surface area contributed by atoms with Gasteiger partial charge in [-0.25, -0.2) is 8.78 Å². The van der Waals surface area contributed by atoms with Gasteiger partial charge in [-0.15, -0.1) is 0 Å². The number of piperidine rings is 1. The van der Waals surface area contributed by atoms with E-state index in [1.165, 1.54) is 23.8 Å². The molecule has 1 fully saturated rings. The average Bonchev–Trinajstić information content (AvgIpc) is 2.56. The molecule has 1 atom stereocenters. The second-order valence-electron chi connectivity index (χ2n) is 6.46. The monoisotopic (exact) mass is 332 g/mol. The van der Waals surface area contributed by atoms with E-state index >= 15 is 0 Å². The Morgan fingerprint density at radius 2 is 1.83 bits per heavy atom. The van der Waals surface area contributed by atoms with Gasteiger partial charge in [-0.05, 0) is 62.5 Å². The summed E-state index contributed by atoms with van der Waals surface area (Å²) in [6.45, 7) is 3.81. The van der Waals surface area contributed by atoms with Crippen molar-refractivity contribution in [3.05, 3.63) is 65.0 Å². The number of likely N-dealkylation sites (tertiary alicyclic amines) is 1. The van der Waals surface area contributed by atoms with Crippen molar-refractivity contribution in [2.75, 3.05) is 19.6 Å². The van der Waals surface area contributed by atoms with Crippen LogP contribution in [0, 0.1) is 18.6 Å². The molecule has 0 radical (unpaired) electrons. The van der Waals surface area contributed by atoms with Crippen LogP contribution in [-0.4, -0.2) is 34.6 Å². The highest BCUT2D eigenvalue weighted by Gasteiger charge is 2.25. The first kappa shape index (κ1) is 17.0. The Balaban J connectivity index is 1.58. The van der Waals surface area contributed by atoms with Gasteiger partial charge in [-0.2, -0.15) is 0 Å². The minimum Gasteiger partial charge on any atom is -0.387 e. The van der Waals surface area contributed by atoms with Crippen LogP contribution in [-0.2, 0) is 0 Å². The van der Waals surface area contributed by atoms with Gasteiger partial charge in [0, 0.05) is 18.4 Å². The molecule has 2 aromatic rings. The number of hydrogen-bond acceptors (Lipinski definition) is 3. The maximum absolute atomic E-state index is 13.7. The number of pyridine rings is 1. The van der Waals surface area contributed by atoms with E-state index in [9.17, 15) is 13.9 Å². The summed E-state index contributed by atoms with van der Waals surface area (Å²) in [4.78, 5) is 6.41. The predicted octanol–water partition coefficient (Wildman–Crippen LogP) is 3.58. The molecule has 24 heavy (non-hydrogen) atoms. The van der Waals surface area contributed by atoms with Crippen LogP contribution in [0.4, 0.5) is 8.78 Å². The van der Waals surface area contributed by atoms with E-state index in [-0.39, 0.29) is 12.1 Å². The third-order valence-electron chi connectivity index (χ3n) is 4.76. The molecule has 0 spiro atoms. The Morgan fingerprint density at radius 3 is 2.42 bits per heavy atom. The van der Waals surface area contributed by atoms with Crippen LogP contribution in [0.2, 0.25) is 0 Å². The maximum Gasteiger partial charge on any atom is 0.131 e. The number of hydrogen-bond donors (Lipinski definition) is 1. The fourth-order valence-corrected chi connectivity index (χ4v) is 3.33. The highest BCUT2D eigenvalue weighted by Crippen LogP contribution is 2.29. The van der Waals surface area contributed by atoms with Crippen molar-refractivity contribution in [2.45, 2.75) is 31.8 Å². The van der Waals surface area contributed by atoms with Gasteiger partial charge in [-0.1, -0.05) is 12.1 Å². The summed E-state index contributed by atoms with van der Waals surface area (Å²) in [5.74, 6) is -0.928. The van der Waals surface area contributed by atoms with E-state index in [1.54, 1.807) is 0 Å². The second kappa shape index (κ2) is 7.36. The number of aryl methyl sites for hydroxylation is 1. The van der Waals surface area contributed by atoms with Crippen molar-refractivity contribution in [3.8, 4) is 0 Å². The number of rotatable bonds is 4. The largest absolute Gasteiger partial charge is 0.387 e. The zero-order valence-corrected chi connectivity index (χ0v) is 13.8. The molecular formula is C19H22F2N2O. The third-order valence-corrected chi connectivity index (χ3v) is 4.76. The van der Waals surface area contributed by atoms with Crippen molar-refractivity contribution < 1.29 is 13.9 Å². The van der Waals surface area contributed by atoms with E-state index in [0.29, 0.717) is 5.92 Å². The minimum absolute atomic E-state index is 0.234. The van der Waals surface area contributed by atoms with Crippen LogP contribution < -0.4 is 0 Å². The standard InChI is InChI=1S/C19H22F2N2O/c1-13-5-6-15(11-22-13)14-7-9-23(10-8-14)12-18(24)19-16(20)3-2-4-17(19)21/h2-6,11,14,18,24H,7-10,12H2,1H3. The summed E-state index contributed by atoms with van der Waals surface area (Å²) >= 11 is 0. The molecule has 1 unspecified atom stereocenters. The number of aliphatic hydroxyl groups is 1. The van der Waals surface area contributed by atoms with Gasteiger partial charge in [-0.3, -0.25) is 4.98 Å². The zero-order chi connectivity index (χ0) is 17.1. The smallest absolute Gasteiger partial charge is 0.131 e. The molecule has 1 aliphatic rings. The lowest BCUT2D eigenvalue weighted by molar-refractivity contribution is 0.0920. The number of benzene rings is 1. The van der Waals surface area contributed by atoms with E-state index in [0.717, 1.165) is 31.6 Å². The normalized spacial score (nSPS) is 17.8. The Kier molecular flexibility index (Phi) is 5.21. The lowest BCUT2D eigenvalue weighted by Crippen LogP contribution is -2.36. The lowest BCUT2D eigenvalue weighted by atomic mass is 9.90. The molecule has 0 saturated carbocycles. The van der Waals surface area contributed by atoms with Crippen LogP contribution in [0.1, 0.15) is 41.7 Å². The number of β-amino-alcohol motifs (C(OH)–C–C–N with tert-alkyl or cyclic N) is 1. The molecule has 3 rings (SSSR count). The van der Waals surface area contributed by atoms with Crippen molar-refractivity contribution >= 4 is 0 Å². The molecule has 1 saturated heterocycles. The van der Waals surface area contributed by atoms with Gasteiger partial charge in [0.1, 0.15) is 11.6 Å². The van der Waals surface area contributed by atoms with E-state index in [2.05, 4.69) is 16.0 Å². The summed E-state index contributed by atoms with van der Waals surface area (Å²) in [6.07, 6.45) is 2.69. The molecule has 1 aromatic carbocycles. The molecule has 128 valence electrons. The molecule has 0 amide bonds. The topological polar surface area (TPSA) is 36.4 Å². The maximum atomic E-state index is 13.7. The number of aliphatic hydroxyl groups excluding tert-OH is 1. The summed E-state index contributed by atoms with van der Waals surface area (Å²) in [5, 5.41) is 10.2. The highest BCUT2D eigenvalue weighted by atomic mass is 19.1. The zero-order valence-electron chi connectivity index (χ0n) is 13.8. The van der Waals surface area contributed by atoms with Gasteiger partial charge in [0.15, 0.2) is 0 Å². The molecule has 1 aromatic heterocycles. The molecule has 5 heteroatoms. The first-order valence-electron chi connectivity index (χ1n) is 8.31. The summed E-state index contributed by atoms with van der Waals surface area (Å²) < 4.78 is 27.5. The molecule has 1 aliphatic heterocycles. The van der Waals surface area contributed by atoms with E-state index in [4.69, 9.17) is 0 Å². The summed E-state index contributed by atoms with van der Waals surface area (Å²) in [7, 11) is 0. The number of halogens is 2. The first-order chi connectivity index (χ1) is 11.5. The van der Waals surface area contributed by atoms with Gasteiger partial charge < -0.3 is 10.0 Å². The molecular weight excluding hydrogens is 310 g/mol. The van der Waals surface area contributed by atoms with Gasteiger partial charge in [0.2, 0.25) is 0 Å². The van der Waals surface area contributed by atoms with Crippen LogP contribution in [0.3, 0.4) is 0 Å². The average molecular weight is 332 g/mol. The summed E-state index contributed by atoms with van der Waals surface area (Å²) in [5.41, 5.74) is 2.01. The molecule has 0 aliphatic carbocycles. The second-order valence-corrected chi connectivity index (χ2v) is 6.46. The number of aromatic nitrogens is 1. The Hall–Kier alpha value is -1.85. The fraction of sp³-hybridized carbons (Fsp3) is 0.421.